The van der Waals surface area contributed by atoms with Crippen molar-refractivity contribution in [2.24, 2.45) is 5.73 Å². The molecule has 19 heavy (non-hydrogen) atoms. The van der Waals surface area contributed by atoms with Crippen LogP contribution in [-0.4, -0.2) is 17.9 Å². The molecule has 1 unspecified atom stereocenters. The second kappa shape index (κ2) is 5.18. The van der Waals surface area contributed by atoms with Gasteiger partial charge in [0.15, 0.2) is 0 Å². The first kappa shape index (κ1) is 13.8. The van der Waals surface area contributed by atoms with Crippen molar-refractivity contribution in [3.05, 3.63) is 27.5 Å². The minimum atomic E-state index is -0.733. The molecule has 0 fully saturated rings. The second-order valence-electron chi connectivity index (χ2n) is 4.08. The first-order valence-electron chi connectivity index (χ1n) is 5.48. The number of nitrogen functional groups attached to an aromatic ring is 1. The Balaban J connectivity index is 2.37. The lowest BCUT2D eigenvalue weighted by molar-refractivity contribution is -0.119. The number of primary amides is 1. The fourth-order valence-electron chi connectivity index (χ4n) is 1.59. The van der Waals surface area contributed by atoms with Crippen LogP contribution in [0.2, 0.25) is 0 Å². The van der Waals surface area contributed by atoms with Gasteiger partial charge in [-0.05, 0) is 19.1 Å². The monoisotopic (exact) mass is 341 g/mol. The quantitative estimate of drug-likeness (QED) is 0.794. The van der Waals surface area contributed by atoms with Gasteiger partial charge in [-0.25, -0.2) is 0 Å². The summed E-state index contributed by atoms with van der Waals surface area (Å²) in [6.45, 7) is 1.53. The van der Waals surface area contributed by atoms with Crippen molar-refractivity contribution >= 4 is 54.9 Å². The van der Waals surface area contributed by atoms with E-state index in [0.717, 1.165) is 14.6 Å². The number of anilines is 1. The number of hydrogen-bond acceptors (Lipinski definition) is 4. The number of amides is 2. The zero-order valence-electron chi connectivity index (χ0n) is 10.1. The lowest BCUT2D eigenvalue weighted by Crippen LogP contribution is -2.42. The maximum absolute atomic E-state index is 12.0. The van der Waals surface area contributed by atoms with Crippen molar-refractivity contribution in [3.63, 3.8) is 0 Å². The summed E-state index contributed by atoms with van der Waals surface area (Å²) in [5.74, 6) is -0.975. The van der Waals surface area contributed by atoms with Crippen molar-refractivity contribution < 1.29 is 9.59 Å². The van der Waals surface area contributed by atoms with Gasteiger partial charge >= 0.3 is 0 Å². The van der Waals surface area contributed by atoms with E-state index in [1.54, 1.807) is 0 Å². The Hall–Kier alpha value is -1.60. The van der Waals surface area contributed by atoms with Crippen molar-refractivity contribution in [2.75, 3.05) is 5.73 Å². The molecule has 0 saturated heterocycles. The zero-order valence-corrected chi connectivity index (χ0v) is 12.5. The smallest absolute Gasteiger partial charge is 0.264 e. The van der Waals surface area contributed by atoms with Crippen LogP contribution < -0.4 is 16.8 Å². The van der Waals surface area contributed by atoms with Gasteiger partial charge < -0.3 is 16.8 Å². The molecule has 5 nitrogen and oxygen atoms in total. The molecular weight excluding hydrogens is 330 g/mol. The van der Waals surface area contributed by atoms with Gasteiger partial charge in [0.25, 0.3) is 5.91 Å². The van der Waals surface area contributed by atoms with Crippen molar-refractivity contribution in [1.29, 1.82) is 0 Å². The number of nitrogens with one attached hydrogen (secondary N) is 1. The Morgan fingerprint density at radius 2 is 2.11 bits per heavy atom. The molecule has 2 aromatic rings. The van der Waals surface area contributed by atoms with Gasteiger partial charge in [-0.2, -0.15) is 0 Å². The summed E-state index contributed by atoms with van der Waals surface area (Å²) < 4.78 is 1.82. The lowest BCUT2D eigenvalue weighted by atomic mass is 10.2. The van der Waals surface area contributed by atoms with E-state index < -0.39 is 11.9 Å². The Bertz CT molecular complexity index is 668. The third-order valence-electron chi connectivity index (χ3n) is 2.67. The Kier molecular flexibility index (Phi) is 3.77. The number of rotatable bonds is 3. The number of benzene rings is 1. The van der Waals surface area contributed by atoms with E-state index in [1.807, 2.05) is 18.2 Å². The normalized spacial score (nSPS) is 12.3. The maximum atomic E-state index is 12.0. The number of carbonyl (C=O) groups excluding carboxylic acids is 2. The summed E-state index contributed by atoms with van der Waals surface area (Å²) in [6, 6.07) is 4.87. The maximum Gasteiger partial charge on any atom is 0.264 e. The van der Waals surface area contributed by atoms with Crippen LogP contribution in [0.1, 0.15) is 16.6 Å². The van der Waals surface area contributed by atoms with Gasteiger partial charge in [-0.3, -0.25) is 9.59 Å². The van der Waals surface area contributed by atoms with E-state index in [9.17, 15) is 9.59 Å². The topological polar surface area (TPSA) is 98.2 Å². The molecule has 2 rings (SSSR count). The van der Waals surface area contributed by atoms with Gasteiger partial charge in [-0.15, -0.1) is 11.3 Å². The molecule has 7 heteroatoms. The SMILES string of the molecule is CC(NC(=O)c1sc2cc(Br)ccc2c1N)C(N)=O. The van der Waals surface area contributed by atoms with E-state index in [0.29, 0.717) is 10.6 Å². The molecule has 1 aromatic heterocycles. The number of hydrogen-bond donors (Lipinski definition) is 3. The molecule has 0 aliphatic carbocycles. The summed E-state index contributed by atoms with van der Waals surface area (Å²) in [5.41, 5.74) is 11.5. The molecule has 1 atom stereocenters. The van der Waals surface area contributed by atoms with Gasteiger partial charge in [-0.1, -0.05) is 22.0 Å². The molecule has 2 amide bonds. The molecule has 5 N–H and O–H groups in total. The number of fused-ring (bicyclic) bond motifs is 1. The summed E-state index contributed by atoms with van der Waals surface area (Å²) in [4.78, 5) is 23.4. The molecule has 1 heterocycles. The van der Waals surface area contributed by atoms with Gasteiger partial charge in [0.1, 0.15) is 10.9 Å². The largest absolute Gasteiger partial charge is 0.397 e. The van der Waals surface area contributed by atoms with Crippen LogP contribution in [-0.2, 0) is 4.79 Å². The minimum absolute atomic E-state index is 0.388. The van der Waals surface area contributed by atoms with Crippen LogP contribution >= 0.6 is 27.3 Å². The molecule has 0 aliphatic heterocycles. The number of carbonyl (C=O) groups is 2. The Labute approximate surface area is 122 Å². The van der Waals surface area contributed by atoms with E-state index >= 15 is 0 Å². The van der Waals surface area contributed by atoms with Crippen LogP contribution in [0.3, 0.4) is 0 Å². The van der Waals surface area contributed by atoms with Crippen LogP contribution in [0.4, 0.5) is 5.69 Å². The molecule has 0 radical (unpaired) electrons. The minimum Gasteiger partial charge on any atom is -0.397 e. The van der Waals surface area contributed by atoms with Crippen molar-refractivity contribution in [1.82, 2.24) is 5.32 Å². The zero-order chi connectivity index (χ0) is 14.2. The molecule has 0 saturated carbocycles. The first-order valence-corrected chi connectivity index (χ1v) is 7.09. The Morgan fingerprint density at radius 1 is 1.42 bits per heavy atom. The molecule has 1 aromatic carbocycles. The van der Waals surface area contributed by atoms with Crippen molar-refractivity contribution in [3.8, 4) is 0 Å². The third kappa shape index (κ3) is 2.71. The summed E-state index contributed by atoms with van der Waals surface area (Å²) in [5, 5.41) is 3.34. The van der Waals surface area contributed by atoms with Gasteiger partial charge in [0.05, 0.1) is 5.69 Å². The Morgan fingerprint density at radius 3 is 2.74 bits per heavy atom. The standard InChI is InChI=1S/C12H12BrN3O2S/c1-5(11(15)17)16-12(18)10-9(14)7-3-2-6(13)4-8(7)19-10/h2-5H,14H2,1H3,(H2,15,17)(H,16,18). The highest BCUT2D eigenvalue weighted by atomic mass is 79.9. The average Bonchev–Trinajstić information content (AvgIpc) is 2.66. The fraction of sp³-hybridized carbons (Fsp3) is 0.167. The fourth-order valence-corrected chi connectivity index (χ4v) is 3.17. The molecule has 0 spiro atoms. The van der Waals surface area contributed by atoms with Crippen LogP contribution in [0.5, 0.6) is 0 Å². The molecule has 0 aliphatic rings. The molecule has 0 bridgehead atoms. The molecular formula is C12H12BrN3O2S. The average molecular weight is 342 g/mol. The summed E-state index contributed by atoms with van der Waals surface area (Å²) in [6.07, 6.45) is 0. The van der Waals surface area contributed by atoms with Crippen LogP contribution in [0, 0.1) is 0 Å². The second-order valence-corrected chi connectivity index (χ2v) is 6.05. The van der Waals surface area contributed by atoms with Crippen molar-refractivity contribution in [2.45, 2.75) is 13.0 Å². The van der Waals surface area contributed by atoms with Gasteiger partial charge in [0.2, 0.25) is 5.91 Å². The summed E-state index contributed by atoms with van der Waals surface area (Å²) in [7, 11) is 0. The van der Waals surface area contributed by atoms with Crippen LogP contribution in [0.25, 0.3) is 10.1 Å². The highest BCUT2D eigenvalue weighted by Gasteiger charge is 2.19. The van der Waals surface area contributed by atoms with E-state index in [2.05, 4.69) is 21.2 Å². The van der Waals surface area contributed by atoms with Crippen LogP contribution in [0.15, 0.2) is 22.7 Å². The molecule has 100 valence electrons. The third-order valence-corrected chi connectivity index (χ3v) is 4.33. The van der Waals surface area contributed by atoms with Gasteiger partial charge in [0, 0.05) is 14.6 Å². The highest BCUT2D eigenvalue weighted by molar-refractivity contribution is 9.10. The summed E-state index contributed by atoms with van der Waals surface area (Å²) >= 11 is 4.65. The predicted molar refractivity (Wildman–Crippen MR) is 80.1 cm³/mol. The predicted octanol–water partition coefficient (Wildman–Crippen LogP) is 1.85. The first-order chi connectivity index (χ1) is 8.90. The van der Waals surface area contributed by atoms with E-state index in [-0.39, 0.29) is 5.91 Å². The highest BCUT2D eigenvalue weighted by Crippen LogP contribution is 2.35. The van der Waals surface area contributed by atoms with E-state index in [1.165, 1.54) is 18.3 Å². The number of thiophene rings is 1. The number of nitrogens with two attached hydrogens (primary N) is 2. The lowest BCUT2D eigenvalue weighted by Gasteiger charge is -2.09. The van der Waals surface area contributed by atoms with E-state index in [4.69, 9.17) is 11.5 Å². The number of halogens is 1.